The topological polar surface area (TPSA) is 167 Å². The summed E-state index contributed by atoms with van der Waals surface area (Å²) in [5, 5.41) is 26.6. The highest BCUT2D eigenvalue weighted by Gasteiger charge is 2.17. The smallest absolute Gasteiger partial charge is 0.310 e. The summed E-state index contributed by atoms with van der Waals surface area (Å²) in [4.78, 5) is 32.5. The predicted octanol–water partition coefficient (Wildman–Crippen LogP) is 5.68. The van der Waals surface area contributed by atoms with Gasteiger partial charge in [-0.25, -0.2) is 0 Å². The van der Waals surface area contributed by atoms with Crippen molar-refractivity contribution in [2.45, 2.75) is 38.5 Å². The van der Waals surface area contributed by atoms with Crippen molar-refractivity contribution in [3.05, 3.63) is 71.3 Å². The molecule has 12 heteroatoms. The molecule has 3 aromatic rings. The lowest BCUT2D eigenvalue weighted by atomic mass is 10.0. The normalized spacial score (nSPS) is 11.9. The highest BCUT2D eigenvalue weighted by Crippen LogP contribution is 2.29. The van der Waals surface area contributed by atoms with Gasteiger partial charge >= 0.3 is 17.9 Å². The van der Waals surface area contributed by atoms with Crippen LogP contribution >= 0.6 is 0 Å². The number of carboxylic acids is 3. The molecule has 3 rings (SSSR count). The van der Waals surface area contributed by atoms with Crippen LogP contribution in [0.1, 0.15) is 55.2 Å². The number of carbonyl (C=O) groups is 3. The summed E-state index contributed by atoms with van der Waals surface area (Å²) in [7, 11) is 9.19. The Kier molecular flexibility index (Phi) is 15.6. The molecule has 0 aliphatic rings. The van der Waals surface area contributed by atoms with E-state index in [-0.39, 0.29) is 0 Å². The van der Waals surface area contributed by atoms with E-state index >= 15 is 0 Å². The van der Waals surface area contributed by atoms with Crippen molar-refractivity contribution in [2.24, 2.45) is 0 Å². The van der Waals surface area contributed by atoms with E-state index in [1.807, 2.05) is 0 Å². The zero-order valence-corrected chi connectivity index (χ0v) is 26.9. The van der Waals surface area contributed by atoms with Gasteiger partial charge in [0.15, 0.2) is 0 Å². The second-order valence-corrected chi connectivity index (χ2v) is 9.62. The predicted molar refractivity (Wildman–Crippen MR) is 167 cm³/mol. The second-order valence-electron chi connectivity index (χ2n) is 9.62. The van der Waals surface area contributed by atoms with E-state index in [1.54, 1.807) is 75.4 Å². The van der Waals surface area contributed by atoms with Gasteiger partial charge in [0.1, 0.15) is 34.5 Å². The van der Waals surface area contributed by atoms with E-state index in [1.165, 1.54) is 42.7 Å². The third-order valence-electron chi connectivity index (χ3n) is 6.73. The van der Waals surface area contributed by atoms with Crippen LogP contribution in [0.3, 0.4) is 0 Å². The van der Waals surface area contributed by atoms with E-state index in [9.17, 15) is 14.4 Å². The SMILES string of the molecule is COc1cc(OC)cc(C(C)C(=O)O)c1.COc1cc(OC)cc([C@@H](C)C(=O)O)c1.COc1cc(OC)cc([C@H](C)C(=O)O)c1. The summed E-state index contributed by atoms with van der Waals surface area (Å²) in [6.45, 7) is 4.86. The van der Waals surface area contributed by atoms with Crippen molar-refractivity contribution in [3.8, 4) is 34.5 Å². The molecule has 1 unspecified atom stereocenters. The van der Waals surface area contributed by atoms with E-state index < -0.39 is 35.7 Å². The number of rotatable bonds is 12. The van der Waals surface area contributed by atoms with Gasteiger partial charge in [0, 0.05) is 18.2 Å². The van der Waals surface area contributed by atoms with Gasteiger partial charge in [0.25, 0.3) is 0 Å². The first-order valence-electron chi connectivity index (χ1n) is 13.6. The average Bonchev–Trinajstić information content (AvgIpc) is 3.06. The fourth-order valence-corrected chi connectivity index (χ4v) is 3.67. The fraction of sp³-hybridized carbons (Fsp3) is 0.364. The standard InChI is InChI=1S/3C11H14O4/c3*1-7(11(12)13)8-4-9(14-2)6-10(5-8)15-3/h3*4-7H,1-3H3,(H,12,13)/t2*7-;/m10./s1. The van der Waals surface area contributed by atoms with Crippen LogP contribution in [0.4, 0.5) is 0 Å². The summed E-state index contributed by atoms with van der Waals surface area (Å²) in [6, 6.07) is 15.3. The first-order valence-corrected chi connectivity index (χ1v) is 13.6. The quantitative estimate of drug-likeness (QED) is 0.224. The maximum atomic E-state index is 10.8. The number of aliphatic carboxylic acids is 3. The molecule has 0 aliphatic heterocycles. The summed E-state index contributed by atoms with van der Waals surface area (Å²) < 4.78 is 30.3. The number of benzene rings is 3. The Morgan fingerprint density at radius 2 is 0.556 bits per heavy atom. The van der Waals surface area contributed by atoms with Crippen LogP contribution in [0.15, 0.2) is 54.6 Å². The Labute approximate surface area is 263 Å². The summed E-state index contributed by atoms with van der Waals surface area (Å²) in [5.74, 6) is -0.766. The minimum atomic E-state index is -0.870. The lowest BCUT2D eigenvalue weighted by Gasteiger charge is -2.11. The van der Waals surface area contributed by atoms with Crippen molar-refractivity contribution >= 4 is 17.9 Å². The van der Waals surface area contributed by atoms with Gasteiger partial charge in [0.05, 0.1) is 60.4 Å². The molecule has 0 bridgehead atoms. The molecule has 3 aromatic carbocycles. The highest BCUT2D eigenvalue weighted by atomic mass is 16.5. The zero-order chi connectivity index (χ0) is 34.3. The minimum Gasteiger partial charge on any atom is -0.497 e. The van der Waals surface area contributed by atoms with Gasteiger partial charge in [-0.2, -0.15) is 0 Å². The van der Waals surface area contributed by atoms with Gasteiger partial charge in [-0.1, -0.05) is 0 Å². The molecule has 0 heterocycles. The fourth-order valence-electron chi connectivity index (χ4n) is 3.67. The lowest BCUT2D eigenvalue weighted by Crippen LogP contribution is -2.07. The van der Waals surface area contributed by atoms with Crippen LogP contribution in [-0.4, -0.2) is 75.9 Å². The van der Waals surface area contributed by atoms with Crippen LogP contribution in [0.2, 0.25) is 0 Å². The van der Waals surface area contributed by atoms with Gasteiger partial charge in [-0.3, -0.25) is 14.4 Å². The summed E-state index contributed by atoms with van der Waals surface area (Å²) in [5.41, 5.74) is 2.00. The van der Waals surface area contributed by atoms with Crippen LogP contribution in [0, 0.1) is 0 Å². The van der Waals surface area contributed by atoms with Crippen LogP contribution < -0.4 is 28.4 Å². The van der Waals surface area contributed by atoms with Gasteiger partial charge in [0.2, 0.25) is 0 Å². The number of hydrogen-bond donors (Lipinski definition) is 3. The van der Waals surface area contributed by atoms with Crippen LogP contribution in [-0.2, 0) is 14.4 Å². The van der Waals surface area contributed by atoms with Gasteiger partial charge in [-0.05, 0) is 73.9 Å². The van der Waals surface area contributed by atoms with Crippen molar-refractivity contribution in [1.82, 2.24) is 0 Å². The Morgan fingerprint density at radius 1 is 0.400 bits per heavy atom. The molecule has 3 atom stereocenters. The third-order valence-corrected chi connectivity index (χ3v) is 6.73. The molecule has 0 amide bonds. The van der Waals surface area contributed by atoms with Crippen LogP contribution in [0.25, 0.3) is 0 Å². The maximum Gasteiger partial charge on any atom is 0.310 e. The van der Waals surface area contributed by atoms with E-state index in [4.69, 9.17) is 43.7 Å². The molecule has 0 saturated heterocycles. The molecule has 12 nitrogen and oxygen atoms in total. The summed E-state index contributed by atoms with van der Waals surface area (Å²) >= 11 is 0. The third kappa shape index (κ3) is 11.8. The molecule has 0 saturated carbocycles. The Morgan fingerprint density at radius 3 is 0.667 bits per heavy atom. The number of carboxylic acid groups (broad SMARTS) is 3. The monoisotopic (exact) mass is 630 g/mol. The average molecular weight is 631 g/mol. The molecule has 246 valence electrons. The van der Waals surface area contributed by atoms with Gasteiger partial charge in [-0.15, -0.1) is 0 Å². The molecule has 45 heavy (non-hydrogen) atoms. The first-order chi connectivity index (χ1) is 21.2. The Hall–Kier alpha value is -5.13. The number of methoxy groups -OCH3 is 6. The zero-order valence-electron chi connectivity index (χ0n) is 26.9. The second kappa shape index (κ2) is 18.5. The van der Waals surface area contributed by atoms with E-state index in [2.05, 4.69) is 0 Å². The molecule has 0 spiro atoms. The lowest BCUT2D eigenvalue weighted by molar-refractivity contribution is -0.139. The maximum absolute atomic E-state index is 10.8. The van der Waals surface area contributed by atoms with Crippen molar-refractivity contribution < 1.29 is 58.1 Å². The molecule has 0 aliphatic carbocycles. The largest absolute Gasteiger partial charge is 0.497 e. The van der Waals surface area contributed by atoms with Gasteiger partial charge < -0.3 is 43.7 Å². The Bertz CT molecular complexity index is 1180. The molecule has 0 aromatic heterocycles. The minimum absolute atomic E-state index is 0.575. The highest BCUT2D eigenvalue weighted by molar-refractivity contribution is 5.77. The van der Waals surface area contributed by atoms with Crippen LogP contribution in [0.5, 0.6) is 34.5 Å². The van der Waals surface area contributed by atoms with Crippen molar-refractivity contribution in [3.63, 3.8) is 0 Å². The molecular formula is C33H42O12. The van der Waals surface area contributed by atoms with E-state index in [0.717, 1.165) is 0 Å². The van der Waals surface area contributed by atoms with Crippen molar-refractivity contribution in [1.29, 1.82) is 0 Å². The number of ether oxygens (including phenoxy) is 6. The number of hydrogen-bond acceptors (Lipinski definition) is 9. The summed E-state index contributed by atoms with van der Waals surface area (Å²) in [6.07, 6.45) is 0. The molecule has 0 radical (unpaired) electrons. The molecule has 3 N–H and O–H groups in total. The molecule has 0 fully saturated rings. The molecular weight excluding hydrogens is 588 g/mol. The Balaban J connectivity index is 0.000000337. The first kappa shape index (κ1) is 37.9. The van der Waals surface area contributed by atoms with Crippen molar-refractivity contribution in [2.75, 3.05) is 42.7 Å². The van der Waals surface area contributed by atoms with E-state index in [0.29, 0.717) is 51.2 Å².